The van der Waals surface area contributed by atoms with Gasteiger partial charge in [0.1, 0.15) is 0 Å². The summed E-state index contributed by atoms with van der Waals surface area (Å²) in [7, 11) is -0.241. The van der Waals surface area contributed by atoms with Crippen molar-refractivity contribution in [2.24, 2.45) is 0 Å². The largest absolute Gasteiger partial charge is 0.320 e. The highest BCUT2D eigenvalue weighted by molar-refractivity contribution is 6.55. The maximum Gasteiger partial charge on any atom is 0.0739 e. The van der Waals surface area contributed by atoms with E-state index >= 15 is 0 Å². The third-order valence-electron chi connectivity index (χ3n) is 3.08. The fraction of sp³-hybridized carbons (Fsp3) is 0.385. The van der Waals surface area contributed by atoms with E-state index in [2.05, 4.69) is 56.6 Å². The zero-order valence-corrected chi connectivity index (χ0v) is 13.5. The first-order chi connectivity index (χ1) is 7.65. The molecule has 1 N–H and O–H groups in total. The van der Waals surface area contributed by atoms with Crippen molar-refractivity contribution in [3.05, 3.63) is 41.6 Å². The second kappa shape index (κ2) is 6.83. The predicted molar refractivity (Wildman–Crippen MR) is 80.3 cm³/mol. The van der Waals surface area contributed by atoms with Crippen LogP contribution < -0.4 is 10.5 Å². The van der Waals surface area contributed by atoms with Crippen LogP contribution in [0.3, 0.4) is 0 Å². The van der Waals surface area contributed by atoms with E-state index in [0.29, 0.717) is 5.67 Å². The van der Waals surface area contributed by atoms with Gasteiger partial charge in [-0.1, -0.05) is 30.3 Å². The van der Waals surface area contributed by atoms with Gasteiger partial charge in [-0.3, -0.25) is 0 Å². The van der Waals surface area contributed by atoms with Gasteiger partial charge >= 0.3 is 0 Å². The SMILES string of the molecule is C=C[SiH2]CNC(C)[SiH2]c1cccc(C)c1C. The smallest absolute Gasteiger partial charge is 0.0739 e. The van der Waals surface area contributed by atoms with Crippen LogP contribution >= 0.6 is 0 Å². The number of benzene rings is 1. The van der Waals surface area contributed by atoms with E-state index in [9.17, 15) is 0 Å². The fourth-order valence-corrected chi connectivity index (χ4v) is 5.00. The number of hydrogen-bond acceptors (Lipinski definition) is 1. The van der Waals surface area contributed by atoms with E-state index in [-0.39, 0.29) is 19.0 Å². The summed E-state index contributed by atoms with van der Waals surface area (Å²) in [4.78, 5) is 0. The zero-order chi connectivity index (χ0) is 12.0. The molecule has 0 amide bonds. The van der Waals surface area contributed by atoms with Gasteiger partial charge in [0.2, 0.25) is 0 Å². The van der Waals surface area contributed by atoms with Gasteiger partial charge in [0.15, 0.2) is 0 Å². The van der Waals surface area contributed by atoms with Crippen LogP contribution in [-0.4, -0.2) is 30.9 Å². The molecule has 1 nitrogen and oxygen atoms in total. The Morgan fingerprint density at radius 1 is 1.44 bits per heavy atom. The minimum atomic E-state index is -0.189. The zero-order valence-electron chi connectivity index (χ0n) is 10.7. The Morgan fingerprint density at radius 2 is 2.19 bits per heavy atom. The van der Waals surface area contributed by atoms with Gasteiger partial charge in [-0.05, 0) is 36.8 Å². The molecule has 88 valence electrons. The summed E-state index contributed by atoms with van der Waals surface area (Å²) < 4.78 is 0. The molecular weight excluding hydrogens is 226 g/mol. The summed E-state index contributed by atoms with van der Waals surface area (Å²) in [6, 6.07) is 6.70. The van der Waals surface area contributed by atoms with Crippen LogP contribution in [0, 0.1) is 13.8 Å². The standard InChI is InChI=1S/C13H23NSi2/c1-5-15-9-14-12(4)16-13-8-6-7-10(2)11(13)3/h5-8,12,14H,1,9,15-16H2,2-4H3. The fourth-order valence-electron chi connectivity index (χ4n) is 1.87. The summed E-state index contributed by atoms with van der Waals surface area (Å²) in [5, 5.41) is 5.24. The second-order valence-electron chi connectivity index (χ2n) is 4.50. The Kier molecular flexibility index (Phi) is 5.73. The van der Waals surface area contributed by atoms with E-state index in [1.54, 1.807) is 5.19 Å². The van der Waals surface area contributed by atoms with Crippen molar-refractivity contribution in [2.45, 2.75) is 26.4 Å². The average molecular weight is 250 g/mol. The van der Waals surface area contributed by atoms with Crippen LogP contribution in [0.2, 0.25) is 0 Å². The molecule has 0 aliphatic heterocycles. The molecule has 1 unspecified atom stereocenters. The van der Waals surface area contributed by atoms with Crippen molar-refractivity contribution in [3.63, 3.8) is 0 Å². The van der Waals surface area contributed by atoms with Crippen molar-refractivity contribution in [1.82, 2.24) is 5.32 Å². The molecule has 1 atom stereocenters. The first-order valence-electron chi connectivity index (χ1n) is 6.04. The molecule has 0 bridgehead atoms. The highest BCUT2D eigenvalue weighted by atomic mass is 28.2. The Morgan fingerprint density at radius 3 is 2.88 bits per heavy atom. The Bertz CT molecular complexity index is 350. The molecule has 0 fully saturated rings. The van der Waals surface area contributed by atoms with Crippen molar-refractivity contribution in [2.75, 3.05) is 6.17 Å². The van der Waals surface area contributed by atoms with Crippen molar-refractivity contribution in [3.8, 4) is 0 Å². The van der Waals surface area contributed by atoms with Crippen LogP contribution in [0.5, 0.6) is 0 Å². The van der Waals surface area contributed by atoms with E-state index < -0.39 is 0 Å². The van der Waals surface area contributed by atoms with Crippen molar-refractivity contribution in [1.29, 1.82) is 0 Å². The molecule has 0 radical (unpaired) electrons. The monoisotopic (exact) mass is 249 g/mol. The first kappa shape index (κ1) is 13.4. The molecule has 0 heterocycles. The van der Waals surface area contributed by atoms with E-state index in [1.807, 2.05) is 0 Å². The summed E-state index contributed by atoms with van der Waals surface area (Å²) in [5.41, 5.74) is 5.74. The molecule has 3 heteroatoms. The second-order valence-corrected chi connectivity index (χ2v) is 8.55. The van der Waals surface area contributed by atoms with Gasteiger partial charge in [-0.25, -0.2) is 0 Å². The van der Waals surface area contributed by atoms with Gasteiger partial charge in [-0.15, -0.1) is 12.3 Å². The number of nitrogens with one attached hydrogen (secondary N) is 1. The molecule has 1 aromatic carbocycles. The van der Waals surface area contributed by atoms with Crippen LogP contribution in [0.15, 0.2) is 30.5 Å². The molecule has 0 aliphatic rings. The Balaban J connectivity index is 2.52. The van der Waals surface area contributed by atoms with Crippen molar-refractivity contribution < 1.29 is 0 Å². The van der Waals surface area contributed by atoms with Gasteiger partial charge in [0, 0.05) is 0 Å². The molecule has 1 aromatic rings. The van der Waals surface area contributed by atoms with E-state index in [4.69, 9.17) is 0 Å². The van der Waals surface area contributed by atoms with E-state index in [0.717, 1.165) is 0 Å². The summed E-state index contributed by atoms with van der Waals surface area (Å²) in [6.45, 7) is 10.6. The predicted octanol–water partition coefficient (Wildman–Crippen LogP) is 0.303. The van der Waals surface area contributed by atoms with Gasteiger partial charge in [0.05, 0.1) is 19.0 Å². The van der Waals surface area contributed by atoms with Gasteiger partial charge < -0.3 is 5.32 Å². The highest BCUT2D eigenvalue weighted by Gasteiger charge is 2.06. The molecular formula is C13H23NSi2. The Hall–Kier alpha value is -0.646. The molecule has 0 aliphatic carbocycles. The molecule has 1 rings (SSSR count). The lowest BCUT2D eigenvalue weighted by Gasteiger charge is -2.15. The topological polar surface area (TPSA) is 12.0 Å². The van der Waals surface area contributed by atoms with Crippen LogP contribution in [-0.2, 0) is 0 Å². The normalized spacial score (nSPS) is 13.9. The van der Waals surface area contributed by atoms with Crippen LogP contribution in [0.25, 0.3) is 0 Å². The van der Waals surface area contributed by atoms with Crippen LogP contribution in [0.4, 0.5) is 0 Å². The van der Waals surface area contributed by atoms with Gasteiger partial charge in [0.25, 0.3) is 0 Å². The average Bonchev–Trinajstić information content (AvgIpc) is 2.25. The molecule has 0 saturated carbocycles. The minimum absolute atomic E-state index is 0.0528. The minimum Gasteiger partial charge on any atom is -0.320 e. The molecule has 0 saturated heterocycles. The highest BCUT2D eigenvalue weighted by Crippen LogP contribution is 2.02. The quantitative estimate of drug-likeness (QED) is 0.565. The third kappa shape index (κ3) is 4.08. The third-order valence-corrected chi connectivity index (χ3v) is 6.18. The van der Waals surface area contributed by atoms with Crippen LogP contribution in [0.1, 0.15) is 18.1 Å². The van der Waals surface area contributed by atoms with Gasteiger partial charge in [-0.2, -0.15) is 0 Å². The van der Waals surface area contributed by atoms with E-state index in [1.165, 1.54) is 17.3 Å². The molecule has 16 heavy (non-hydrogen) atoms. The number of hydrogen-bond donors (Lipinski definition) is 1. The maximum absolute atomic E-state index is 3.80. The molecule has 0 aromatic heterocycles. The summed E-state index contributed by atoms with van der Waals surface area (Å²) >= 11 is 0. The lowest BCUT2D eigenvalue weighted by Crippen LogP contribution is -2.40. The van der Waals surface area contributed by atoms with Crippen molar-refractivity contribution >= 4 is 24.2 Å². The Labute approximate surface area is 104 Å². The maximum atomic E-state index is 3.80. The summed E-state index contributed by atoms with van der Waals surface area (Å²) in [5.74, 6) is 0. The molecule has 0 spiro atoms. The number of aryl methyl sites for hydroxylation is 1. The lowest BCUT2D eigenvalue weighted by atomic mass is 10.1. The number of rotatable bonds is 6. The summed E-state index contributed by atoms with van der Waals surface area (Å²) in [6.07, 6.45) is 1.20. The first-order valence-corrected chi connectivity index (χ1v) is 9.38. The lowest BCUT2D eigenvalue weighted by molar-refractivity contribution is 0.762.